The van der Waals surface area contributed by atoms with Gasteiger partial charge in [-0.25, -0.2) is 9.59 Å². The van der Waals surface area contributed by atoms with Crippen molar-refractivity contribution >= 4 is 23.2 Å². The Morgan fingerprint density at radius 3 is 1.81 bits per heavy atom. The molecular formula is C27H30N4O6. The van der Waals surface area contributed by atoms with Crippen molar-refractivity contribution in [2.75, 3.05) is 66.5 Å². The average molecular weight is 507 g/mol. The van der Waals surface area contributed by atoms with E-state index < -0.39 is 6.09 Å². The Hall–Kier alpha value is -3.89. The monoisotopic (exact) mass is 506 g/mol. The molecule has 0 N–H and O–H groups in total. The van der Waals surface area contributed by atoms with Crippen LogP contribution >= 0.6 is 0 Å². The first-order valence-corrected chi connectivity index (χ1v) is 12.3. The summed E-state index contributed by atoms with van der Waals surface area (Å²) in [5, 5.41) is 0.377. The van der Waals surface area contributed by atoms with E-state index in [1.165, 1.54) is 6.26 Å². The molecule has 2 aromatic carbocycles. The summed E-state index contributed by atoms with van der Waals surface area (Å²) >= 11 is 0. The zero-order valence-corrected chi connectivity index (χ0v) is 21.0. The molecular weight excluding hydrogens is 476 g/mol. The lowest BCUT2D eigenvalue weighted by atomic mass is 10.1. The number of ether oxygens (including phenoxy) is 2. The number of likely N-dealkylation sites (N-methyl/N-ethyl adjacent to an activating group) is 2. The predicted octanol–water partition coefficient (Wildman–Crippen LogP) is 2.95. The standard InChI is InChI=1S/C27H30N4O6/c1-28-9-13-30(14-10-28)26(33)36-20-5-3-19(4-6-20)23-18-35-24-17-21(7-8-22(24)25(23)32)37-27(34)31-15-11-29(2)12-16-31/h3-8,17-18H,9-16H2,1-2H3. The third-order valence-electron chi connectivity index (χ3n) is 6.84. The minimum Gasteiger partial charge on any atom is -0.463 e. The van der Waals surface area contributed by atoms with Crippen LogP contribution in [-0.4, -0.2) is 98.2 Å². The molecule has 2 aliphatic rings. The van der Waals surface area contributed by atoms with Crippen molar-refractivity contribution in [2.45, 2.75) is 0 Å². The van der Waals surface area contributed by atoms with Gasteiger partial charge >= 0.3 is 12.2 Å². The van der Waals surface area contributed by atoms with E-state index in [9.17, 15) is 14.4 Å². The lowest BCUT2D eigenvalue weighted by Gasteiger charge is -2.31. The summed E-state index contributed by atoms with van der Waals surface area (Å²) in [4.78, 5) is 45.7. The van der Waals surface area contributed by atoms with Crippen molar-refractivity contribution in [1.29, 1.82) is 0 Å². The molecule has 2 aliphatic heterocycles. The van der Waals surface area contributed by atoms with Crippen molar-refractivity contribution in [2.24, 2.45) is 0 Å². The number of benzene rings is 2. The fourth-order valence-electron chi connectivity index (χ4n) is 4.38. The Morgan fingerprint density at radius 1 is 0.730 bits per heavy atom. The number of carbonyl (C=O) groups excluding carboxylic acids is 2. The van der Waals surface area contributed by atoms with E-state index in [2.05, 4.69) is 9.80 Å². The van der Waals surface area contributed by atoms with E-state index in [-0.39, 0.29) is 11.5 Å². The van der Waals surface area contributed by atoms with Gasteiger partial charge in [-0.2, -0.15) is 0 Å². The van der Waals surface area contributed by atoms with Crippen molar-refractivity contribution in [1.82, 2.24) is 19.6 Å². The van der Waals surface area contributed by atoms with Gasteiger partial charge in [0.2, 0.25) is 0 Å². The van der Waals surface area contributed by atoms with Crippen molar-refractivity contribution in [3.63, 3.8) is 0 Å². The predicted molar refractivity (Wildman–Crippen MR) is 138 cm³/mol. The van der Waals surface area contributed by atoms with Crippen LogP contribution in [0.3, 0.4) is 0 Å². The molecule has 37 heavy (non-hydrogen) atoms. The number of piperazine rings is 2. The lowest BCUT2D eigenvalue weighted by Crippen LogP contribution is -2.48. The van der Waals surface area contributed by atoms with Crippen molar-refractivity contribution in [3.8, 4) is 22.6 Å². The van der Waals surface area contributed by atoms with Gasteiger partial charge in [-0.3, -0.25) is 4.79 Å². The largest absolute Gasteiger partial charge is 0.463 e. The van der Waals surface area contributed by atoms with Gasteiger partial charge in [-0.15, -0.1) is 0 Å². The van der Waals surface area contributed by atoms with Gasteiger partial charge in [0.15, 0.2) is 5.43 Å². The lowest BCUT2D eigenvalue weighted by molar-refractivity contribution is 0.120. The molecule has 3 heterocycles. The molecule has 5 rings (SSSR count). The summed E-state index contributed by atoms with van der Waals surface area (Å²) in [6.07, 6.45) is 0.595. The number of hydrogen-bond acceptors (Lipinski definition) is 8. The maximum absolute atomic E-state index is 13.2. The highest BCUT2D eigenvalue weighted by Crippen LogP contribution is 2.25. The molecule has 2 amide bonds. The minimum absolute atomic E-state index is 0.208. The van der Waals surface area contributed by atoms with Gasteiger partial charge < -0.3 is 33.5 Å². The van der Waals surface area contributed by atoms with Gasteiger partial charge in [0.05, 0.1) is 10.9 Å². The maximum atomic E-state index is 13.2. The SMILES string of the molecule is CN1CCN(C(=O)Oc2ccc(-c3coc4cc(OC(=O)N5CCN(C)CC5)ccc4c3=O)cc2)CC1. The van der Waals surface area contributed by atoms with Crippen LogP contribution in [0.25, 0.3) is 22.1 Å². The molecule has 0 spiro atoms. The smallest absolute Gasteiger partial charge is 0.415 e. The first-order valence-electron chi connectivity index (χ1n) is 12.3. The zero-order valence-electron chi connectivity index (χ0n) is 21.0. The molecule has 0 saturated carbocycles. The molecule has 1 aromatic heterocycles. The molecule has 3 aromatic rings. The van der Waals surface area contributed by atoms with E-state index in [0.717, 1.165) is 26.2 Å². The van der Waals surface area contributed by atoms with Gasteiger partial charge in [0.25, 0.3) is 0 Å². The Bertz CT molecular complexity index is 1340. The number of rotatable bonds is 3. The quantitative estimate of drug-likeness (QED) is 0.535. The topological polar surface area (TPSA) is 95.8 Å². The minimum atomic E-state index is -0.417. The summed E-state index contributed by atoms with van der Waals surface area (Å²) in [5.74, 6) is 0.725. The van der Waals surface area contributed by atoms with Crippen LogP contribution in [0.2, 0.25) is 0 Å². The van der Waals surface area contributed by atoms with E-state index in [1.54, 1.807) is 52.3 Å². The van der Waals surface area contributed by atoms with Gasteiger partial charge in [0, 0.05) is 58.4 Å². The molecule has 194 valence electrons. The molecule has 0 bridgehead atoms. The van der Waals surface area contributed by atoms with Crippen LogP contribution in [0, 0.1) is 0 Å². The molecule has 10 heteroatoms. The second kappa shape index (κ2) is 10.6. The summed E-state index contributed by atoms with van der Waals surface area (Å²) in [6, 6.07) is 11.5. The second-order valence-electron chi connectivity index (χ2n) is 9.48. The van der Waals surface area contributed by atoms with E-state index >= 15 is 0 Å². The van der Waals surface area contributed by atoms with Crippen LogP contribution in [0.5, 0.6) is 11.5 Å². The Morgan fingerprint density at radius 2 is 1.24 bits per heavy atom. The van der Waals surface area contributed by atoms with Crippen LogP contribution in [0.15, 0.2) is 57.9 Å². The van der Waals surface area contributed by atoms with Gasteiger partial charge in [-0.05, 0) is 43.9 Å². The number of amides is 2. The van der Waals surface area contributed by atoms with Crippen molar-refractivity contribution < 1.29 is 23.5 Å². The first-order chi connectivity index (χ1) is 17.9. The fraction of sp³-hybridized carbons (Fsp3) is 0.370. The average Bonchev–Trinajstić information content (AvgIpc) is 2.90. The Labute approximate surface area is 214 Å². The number of fused-ring (bicyclic) bond motifs is 1. The number of nitrogens with zero attached hydrogens (tertiary/aromatic N) is 4. The zero-order chi connectivity index (χ0) is 25.9. The highest BCUT2D eigenvalue weighted by Gasteiger charge is 2.22. The second-order valence-corrected chi connectivity index (χ2v) is 9.48. The Balaban J connectivity index is 1.27. The van der Waals surface area contributed by atoms with Gasteiger partial charge in [0.1, 0.15) is 23.3 Å². The summed E-state index contributed by atoms with van der Waals surface area (Å²) in [6.45, 7) is 5.68. The summed E-state index contributed by atoms with van der Waals surface area (Å²) in [7, 11) is 4.04. The van der Waals surface area contributed by atoms with Crippen LogP contribution in [0.1, 0.15) is 0 Å². The van der Waals surface area contributed by atoms with E-state index in [4.69, 9.17) is 13.9 Å². The number of hydrogen-bond donors (Lipinski definition) is 0. The molecule has 0 unspecified atom stereocenters. The third-order valence-corrected chi connectivity index (χ3v) is 6.84. The van der Waals surface area contributed by atoms with Crippen LogP contribution in [0.4, 0.5) is 9.59 Å². The molecule has 2 saturated heterocycles. The van der Waals surface area contributed by atoms with Crippen molar-refractivity contribution in [3.05, 3.63) is 59.0 Å². The van der Waals surface area contributed by atoms with Crippen LogP contribution in [-0.2, 0) is 0 Å². The molecule has 2 fully saturated rings. The molecule has 0 aliphatic carbocycles. The first kappa shape index (κ1) is 24.8. The van der Waals surface area contributed by atoms with E-state index in [1.807, 2.05) is 14.1 Å². The number of carbonyl (C=O) groups is 2. The Kier molecular flexibility index (Phi) is 7.11. The maximum Gasteiger partial charge on any atom is 0.415 e. The van der Waals surface area contributed by atoms with Gasteiger partial charge in [-0.1, -0.05) is 12.1 Å². The van der Waals surface area contributed by atoms with Crippen LogP contribution < -0.4 is 14.9 Å². The summed E-state index contributed by atoms with van der Waals surface area (Å²) < 4.78 is 16.7. The summed E-state index contributed by atoms with van der Waals surface area (Å²) in [5.41, 5.74) is 1.14. The molecule has 0 atom stereocenters. The van der Waals surface area contributed by atoms with E-state index in [0.29, 0.717) is 59.8 Å². The normalized spacial score (nSPS) is 17.1. The fourth-order valence-corrected chi connectivity index (χ4v) is 4.38. The highest BCUT2D eigenvalue weighted by atomic mass is 16.6. The molecule has 10 nitrogen and oxygen atoms in total. The highest BCUT2D eigenvalue weighted by molar-refractivity contribution is 5.83. The molecule has 0 radical (unpaired) electrons. The third kappa shape index (κ3) is 5.60.